The van der Waals surface area contributed by atoms with E-state index in [0.717, 1.165) is 11.1 Å². The summed E-state index contributed by atoms with van der Waals surface area (Å²) in [6.45, 7) is 15.6. The maximum Gasteiger partial charge on any atom is 0.139 e. The van der Waals surface area contributed by atoms with Gasteiger partial charge in [-0.05, 0) is 38.8 Å². The first-order chi connectivity index (χ1) is 7.73. The molecule has 0 aromatic rings. The minimum Gasteiger partial charge on any atom is -0.402 e. The third kappa shape index (κ3) is 3.86. The average molecular weight is 236 g/mol. The van der Waals surface area contributed by atoms with Crippen LogP contribution >= 0.6 is 0 Å². The van der Waals surface area contributed by atoms with Gasteiger partial charge >= 0.3 is 0 Å². The van der Waals surface area contributed by atoms with Gasteiger partial charge in [-0.3, -0.25) is 4.79 Å². The molecule has 0 aliphatic carbocycles. The molecular formula is C14H24N2O. The fourth-order valence-corrected chi connectivity index (χ4v) is 1.88. The summed E-state index contributed by atoms with van der Waals surface area (Å²) in [5.74, 6) is -0.627. The van der Waals surface area contributed by atoms with E-state index in [4.69, 9.17) is 11.5 Å². The number of nitrogens with two attached hydrogens (primary N) is 2. The third-order valence-corrected chi connectivity index (χ3v) is 3.17. The Morgan fingerprint density at radius 1 is 1.18 bits per heavy atom. The SMILES string of the molecule is C=C(N)[C@@H](C(C)=O)[C@H](CN)C(=C)C(C)=C(C)C. The van der Waals surface area contributed by atoms with Gasteiger partial charge in [0.05, 0.1) is 5.92 Å². The van der Waals surface area contributed by atoms with Crippen LogP contribution in [-0.2, 0) is 4.79 Å². The monoisotopic (exact) mass is 236 g/mol. The normalized spacial score (nSPS) is 13.7. The van der Waals surface area contributed by atoms with Crippen molar-refractivity contribution >= 4 is 5.78 Å². The Morgan fingerprint density at radius 3 is 1.88 bits per heavy atom. The largest absolute Gasteiger partial charge is 0.402 e. The predicted molar refractivity (Wildman–Crippen MR) is 73.2 cm³/mol. The van der Waals surface area contributed by atoms with Crippen LogP contribution in [0.1, 0.15) is 27.7 Å². The molecule has 0 heterocycles. The van der Waals surface area contributed by atoms with Gasteiger partial charge < -0.3 is 11.5 Å². The molecule has 0 rings (SSSR count). The predicted octanol–water partition coefficient (Wildman–Crippen LogP) is 2.15. The van der Waals surface area contributed by atoms with Gasteiger partial charge in [-0.15, -0.1) is 0 Å². The lowest BCUT2D eigenvalue weighted by Gasteiger charge is -2.27. The summed E-state index contributed by atoms with van der Waals surface area (Å²) in [7, 11) is 0. The van der Waals surface area contributed by atoms with Crippen LogP contribution in [0.2, 0.25) is 0 Å². The molecule has 0 radical (unpaired) electrons. The van der Waals surface area contributed by atoms with Crippen molar-refractivity contribution in [2.45, 2.75) is 27.7 Å². The summed E-state index contributed by atoms with van der Waals surface area (Å²) in [4.78, 5) is 11.6. The van der Waals surface area contributed by atoms with Crippen molar-refractivity contribution in [1.82, 2.24) is 0 Å². The Balaban J connectivity index is 5.33. The lowest BCUT2D eigenvalue weighted by molar-refractivity contribution is -0.120. The summed E-state index contributed by atoms with van der Waals surface area (Å²) in [5, 5.41) is 0. The van der Waals surface area contributed by atoms with Gasteiger partial charge in [0.2, 0.25) is 0 Å². The topological polar surface area (TPSA) is 69.1 Å². The summed E-state index contributed by atoms with van der Waals surface area (Å²) in [6.07, 6.45) is 0. The van der Waals surface area contributed by atoms with Gasteiger partial charge in [0.25, 0.3) is 0 Å². The molecular weight excluding hydrogens is 212 g/mol. The number of hydrogen-bond donors (Lipinski definition) is 2. The molecule has 3 heteroatoms. The maximum atomic E-state index is 11.6. The second kappa shape index (κ2) is 6.40. The van der Waals surface area contributed by atoms with Crippen LogP contribution in [0.25, 0.3) is 0 Å². The van der Waals surface area contributed by atoms with Crippen molar-refractivity contribution in [3.05, 3.63) is 35.6 Å². The molecule has 0 aliphatic rings. The van der Waals surface area contributed by atoms with E-state index < -0.39 is 5.92 Å². The van der Waals surface area contributed by atoms with Crippen LogP contribution in [0.4, 0.5) is 0 Å². The highest BCUT2D eigenvalue weighted by Crippen LogP contribution is 2.29. The zero-order valence-electron chi connectivity index (χ0n) is 11.3. The minimum atomic E-state index is -0.443. The minimum absolute atomic E-state index is 0.0179. The van der Waals surface area contributed by atoms with Crippen molar-refractivity contribution in [3.8, 4) is 0 Å². The lowest BCUT2D eigenvalue weighted by Crippen LogP contribution is -2.33. The fourth-order valence-electron chi connectivity index (χ4n) is 1.88. The van der Waals surface area contributed by atoms with Crippen LogP contribution in [-0.4, -0.2) is 12.3 Å². The standard InChI is InChI=1S/C14H24N2O/c1-8(2)9(3)10(4)13(7-15)14(11(5)16)12(6)17/h13-14H,4-5,7,15-16H2,1-3,6H3/t13-,14+/m1/s1. The molecule has 0 aromatic carbocycles. The molecule has 0 unspecified atom stereocenters. The molecule has 0 aromatic heterocycles. The zero-order valence-corrected chi connectivity index (χ0v) is 11.3. The van der Waals surface area contributed by atoms with Gasteiger partial charge in [0.15, 0.2) is 0 Å². The second-order valence-corrected chi connectivity index (χ2v) is 4.66. The second-order valence-electron chi connectivity index (χ2n) is 4.66. The molecule has 0 aliphatic heterocycles. The summed E-state index contributed by atoms with van der Waals surface area (Å²) >= 11 is 0. The number of carbonyl (C=O) groups excluding carboxylic acids is 1. The Morgan fingerprint density at radius 2 is 1.65 bits per heavy atom. The maximum absolute atomic E-state index is 11.6. The molecule has 0 fully saturated rings. The van der Waals surface area contributed by atoms with E-state index in [2.05, 4.69) is 13.2 Å². The molecule has 0 saturated carbocycles. The molecule has 4 N–H and O–H groups in total. The first-order valence-corrected chi connectivity index (χ1v) is 5.72. The van der Waals surface area contributed by atoms with E-state index in [1.807, 2.05) is 20.8 Å². The number of carbonyl (C=O) groups is 1. The summed E-state index contributed by atoms with van der Waals surface area (Å²) < 4.78 is 0. The first-order valence-electron chi connectivity index (χ1n) is 5.72. The highest BCUT2D eigenvalue weighted by molar-refractivity contribution is 5.82. The highest BCUT2D eigenvalue weighted by Gasteiger charge is 2.28. The Bertz CT molecular complexity index is 348. The number of hydrogen-bond acceptors (Lipinski definition) is 3. The van der Waals surface area contributed by atoms with Gasteiger partial charge in [0, 0.05) is 18.2 Å². The highest BCUT2D eigenvalue weighted by atomic mass is 16.1. The van der Waals surface area contributed by atoms with E-state index in [9.17, 15) is 4.79 Å². The molecule has 2 atom stereocenters. The van der Waals surface area contributed by atoms with Crippen molar-refractivity contribution in [2.75, 3.05) is 6.54 Å². The van der Waals surface area contributed by atoms with E-state index in [1.54, 1.807) is 0 Å². The van der Waals surface area contributed by atoms with Crippen molar-refractivity contribution < 1.29 is 4.79 Å². The molecule has 0 amide bonds. The van der Waals surface area contributed by atoms with Crippen molar-refractivity contribution in [1.29, 1.82) is 0 Å². The Labute approximate surface area is 104 Å². The van der Waals surface area contributed by atoms with Crippen molar-refractivity contribution in [2.24, 2.45) is 23.3 Å². The van der Waals surface area contributed by atoms with Crippen molar-refractivity contribution in [3.63, 3.8) is 0 Å². The lowest BCUT2D eigenvalue weighted by atomic mass is 9.79. The molecule has 96 valence electrons. The van der Waals surface area contributed by atoms with Gasteiger partial charge in [0.1, 0.15) is 5.78 Å². The number of Topliss-reactive ketones (excluding diaryl/α,β-unsaturated/α-hetero) is 1. The smallest absolute Gasteiger partial charge is 0.139 e. The first kappa shape index (κ1) is 15.7. The van der Waals surface area contributed by atoms with Crippen LogP contribution in [0.5, 0.6) is 0 Å². The molecule has 0 bridgehead atoms. The van der Waals surface area contributed by atoms with E-state index in [1.165, 1.54) is 12.5 Å². The molecule has 17 heavy (non-hydrogen) atoms. The molecule has 3 nitrogen and oxygen atoms in total. The fraction of sp³-hybridized carbons (Fsp3) is 0.500. The van der Waals surface area contributed by atoms with E-state index in [-0.39, 0.29) is 11.7 Å². The number of allylic oxidation sites excluding steroid dienone is 3. The number of ketones is 1. The van der Waals surface area contributed by atoms with Crippen LogP contribution < -0.4 is 11.5 Å². The number of rotatable bonds is 6. The summed E-state index contributed by atoms with van der Waals surface area (Å²) in [6, 6.07) is 0. The van der Waals surface area contributed by atoms with E-state index in [0.29, 0.717) is 12.2 Å². The van der Waals surface area contributed by atoms with Crippen LogP contribution in [0.3, 0.4) is 0 Å². The molecule has 0 saturated heterocycles. The van der Waals surface area contributed by atoms with E-state index >= 15 is 0 Å². The zero-order chi connectivity index (χ0) is 13.7. The average Bonchev–Trinajstić information content (AvgIpc) is 2.22. The van der Waals surface area contributed by atoms with Crippen LogP contribution in [0, 0.1) is 11.8 Å². The Kier molecular flexibility index (Phi) is 5.89. The van der Waals surface area contributed by atoms with Gasteiger partial charge in [-0.25, -0.2) is 0 Å². The Hall–Kier alpha value is -1.35. The third-order valence-electron chi connectivity index (χ3n) is 3.17. The quantitative estimate of drug-likeness (QED) is 0.694. The van der Waals surface area contributed by atoms with Gasteiger partial charge in [-0.1, -0.05) is 18.7 Å². The van der Waals surface area contributed by atoms with Gasteiger partial charge in [-0.2, -0.15) is 0 Å². The summed E-state index contributed by atoms with van der Waals surface area (Å²) in [5.41, 5.74) is 14.9. The molecule has 0 spiro atoms. The van der Waals surface area contributed by atoms with Crippen LogP contribution in [0.15, 0.2) is 35.6 Å².